The van der Waals surface area contributed by atoms with Crippen molar-refractivity contribution in [2.75, 3.05) is 30.0 Å². The summed E-state index contributed by atoms with van der Waals surface area (Å²) >= 11 is 0. The van der Waals surface area contributed by atoms with Crippen LogP contribution in [0.3, 0.4) is 0 Å². The van der Waals surface area contributed by atoms with Gasteiger partial charge in [-0.2, -0.15) is 9.97 Å². The lowest BCUT2D eigenvalue weighted by molar-refractivity contribution is -0.143. The van der Waals surface area contributed by atoms with Crippen molar-refractivity contribution in [2.45, 2.75) is 31.8 Å². The van der Waals surface area contributed by atoms with Crippen LogP contribution in [0.2, 0.25) is 0 Å². The molecule has 0 fully saturated rings. The quantitative estimate of drug-likeness (QED) is 0.0898. The molecule has 0 bridgehead atoms. The number of carbonyl (C=O) groups excluding carboxylic acids is 5. The third kappa shape index (κ3) is 6.51. The Morgan fingerprint density at radius 1 is 1.00 bits per heavy atom. The summed E-state index contributed by atoms with van der Waals surface area (Å²) in [6.07, 6.45) is 3.15. The number of rotatable bonds is 12. The van der Waals surface area contributed by atoms with E-state index in [2.05, 4.69) is 25.3 Å². The summed E-state index contributed by atoms with van der Waals surface area (Å²) in [5.74, 6) is -1.81. The van der Waals surface area contributed by atoms with Gasteiger partial charge in [0.1, 0.15) is 6.04 Å². The van der Waals surface area contributed by atoms with Crippen molar-refractivity contribution in [3.05, 3.63) is 77.1 Å². The van der Waals surface area contributed by atoms with Gasteiger partial charge in [-0.25, -0.2) is 14.8 Å². The highest BCUT2D eigenvalue weighted by Crippen LogP contribution is 2.23. The molecule has 0 saturated carbocycles. The number of amides is 4. The summed E-state index contributed by atoms with van der Waals surface area (Å²) in [6.45, 7) is 0.233. The summed E-state index contributed by atoms with van der Waals surface area (Å²) < 4.78 is 4.87. The van der Waals surface area contributed by atoms with Crippen LogP contribution in [0.1, 0.15) is 56.0 Å². The minimum atomic E-state index is -0.950. The van der Waals surface area contributed by atoms with E-state index < -0.39 is 17.9 Å². The predicted molar refractivity (Wildman–Crippen MR) is 162 cm³/mol. The standard InChI is InChI=1S/C30H29N9O6/c1-45-29(44)22(8-4-5-13-39-27(42)20-6-2-3-7-21(20)28(39)43)35-26(41)17-9-11-19(12-10-17)38(16-40)15-18-14-33-25-23(34-18)24(31)36-30(32)37-25/h2-3,6-7,9-12,14,16,22H,4-5,8,13,15H2,1H3,(H,35,41)(H4,31,32,33,36,37)/t22-/m0/s1. The number of benzene rings is 2. The fraction of sp³-hybridized carbons (Fsp3) is 0.233. The summed E-state index contributed by atoms with van der Waals surface area (Å²) in [5.41, 5.74) is 13.8. The van der Waals surface area contributed by atoms with Gasteiger partial charge in [0.05, 0.1) is 36.7 Å². The molecular formula is C30H29N9O6. The molecule has 0 unspecified atom stereocenters. The number of aromatic nitrogens is 4. The number of hydrogen-bond acceptors (Lipinski definition) is 12. The van der Waals surface area contributed by atoms with Crippen LogP contribution in [0, 0.1) is 0 Å². The van der Waals surface area contributed by atoms with Gasteiger partial charge in [0.15, 0.2) is 17.0 Å². The number of hydrogen-bond donors (Lipinski definition) is 3. The van der Waals surface area contributed by atoms with Gasteiger partial charge < -0.3 is 26.4 Å². The van der Waals surface area contributed by atoms with E-state index in [0.29, 0.717) is 41.8 Å². The Morgan fingerprint density at radius 2 is 1.69 bits per heavy atom. The highest BCUT2D eigenvalue weighted by molar-refractivity contribution is 6.21. The van der Waals surface area contributed by atoms with Gasteiger partial charge in [-0.15, -0.1) is 0 Å². The minimum absolute atomic E-state index is 0.0295. The largest absolute Gasteiger partial charge is 0.467 e. The van der Waals surface area contributed by atoms with Crippen LogP contribution in [0.25, 0.3) is 11.2 Å². The van der Waals surface area contributed by atoms with E-state index in [1.807, 2.05) is 0 Å². The van der Waals surface area contributed by atoms with E-state index in [9.17, 15) is 24.0 Å². The lowest BCUT2D eigenvalue weighted by Gasteiger charge is -2.19. The number of nitrogens with two attached hydrogens (primary N) is 2. The Morgan fingerprint density at radius 3 is 2.33 bits per heavy atom. The van der Waals surface area contributed by atoms with Gasteiger partial charge in [0.2, 0.25) is 12.4 Å². The second-order valence-electron chi connectivity index (χ2n) is 10.1. The van der Waals surface area contributed by atoms with Gasteiger partial charge in [-0.05, 0) is 55.7 Å². The Kier molecular flexibility index (Phi) is 8.88. The number of nitrogens with zero attached hydrogens (tertiary/aromatic N) is 6. The molecule has 2 aromatic carbocycles. The summed E-state index contributed by atoms with van der Waals surface area (Å²) in [5, 5.41) is 2.68. The number of methoxy groups -OCH3 is 1. The van der Waals surface area contributed by atoms with E-state index >= 15 is 0 Å². The molecule has 1 atom stereocenters. The summed E-state index contributed by atoms with van der Waals surface area (Å²) in [6, 6.07) is 11.9. The molecule has 2 aromatic heterocycles. The Bertz CT molecular complexity index is 1760. The van der Waals surface area contributed by atoms with E-state index in [4.69, 9.17) is 16.2 Å². The highest BCUT2D eigenvalue weighted by Gasteiger charge is 2.34. The second kappa shape index (κ2) is 13.1. The number of ether oxygens (including phenoxy) is 1. The first-order valence-corrected chi connectivity index (χ1v) is 13.9. The van der Waals surface area contributed by atoms with E-state index in [1.165, 1.54) is 35.2 Å². The van der Waals surface area contributed by atoms with Crippen molar-refractivity contribution in [3.63, 3.8) is 0 Å². The smallest absolute Gasteiger partial charge is 0.328 e. The van der Waals surface area contributed by atoms with Gasteiger partial charge >= 0.3 is 5.97 Å². The zero-order valence-corrected chi connectivity index (χ0v) is 24.2. The molecule has 45 heavy (non-hydrogen) atoms. The van der Waals surface area contributed by atoms with Crippen molar-refractivity contribution in [1.29, 1.82) is 0 Å². The van der Waals surface area contributed by atoms with Gasteiger partial charge in [0.25, 0.3) is 17.7 Å². The van der Waals surface area contributed by atoms with Gasteiger partial charge in [0, 0.05) is 17.8 Å². The lowest BCUT2D eigenvalue weighted by Crippen LogP contribution is -2.41. The minimum Gasteiger partial charge on any atom is -0.467 e. The zero-order chi connectivity index (χ0) is 32.1. The highest BCUT2D eigenvalue weighted by atomic mass is 16.5. The number of carbonyl (C=O) groups is 5. The number of imide groups is 1. The molecule has 1 aliphatic heterocycles. The van der Waals surface area contributed by atoms with Crippen molar-refractivity contribution < 1.29 is 28.7 Å². The Labute approximate surface area is 256 Å². The van der Waals surface area contributed by atoms with Gasteiger partial charge in [-0.3, -0.25) is 24.1 Å². The molecule has 4 amide bonds. The van der Waals surface area contributed by atoms with E-state index in [1.54, 1.807) is 36.4 Å². The maximum atomic E-state index is 13.0. The average Bonchev–Trinajstić information content (AvgIpc) is 3.29. The van der Waals surface area contributed by atoms with Crippen LogP contribution in [0.15, 0.2) is 54.7 Å². The average molecular weight is 612 g/mol. The number of anilines is 3. The molecule has 0 spiro atoms. The van der Waals surface area contributed by atoms with E-state index in [0.717, 1.165) is 0 Å². The summed E-state index contributed by atoms with van der Waals surface area (Å²) in [4.78, 5) is 81.5. The van der Waals surface area contributed by atoms with Crippen molar-refractivity contribution in [1.82, 2.24) is 30.2 Å². The monoisotopic (exact) mass is 611 g/mol. The normalized spacial score (nSPS) is 13.0. The Balaban J connectivity index is 1.17. The van der Waals surface area contributed by atoms with Crippen molar-refractivity contribution >= 4 is 58.7 Å². The predicted octanol–water partition coefficient (Wildman–Crippen LogP) is 1.49. The number of nitrogens with one attached hydrogen (secondary N) is 1. The third-order valence-electron chi connectivity index (χ3n) is 7.22. The van der Waals surface area contributed by atoms with Crippen LogP contribution < -0.4 is 21.7 Å². The lowest BCUT2D eigenvalue weighted by atomic mass is 10.1. The first-order chi connectivity index (χ1) is 21.7. The molecule has 4 aromatic rings. The third-order valence-corrected chi connectivity index (χ3v) is 7.22. The molecule has 3 heterocycles. The van der Waals surface area contributed by atoms with E-state index in [-0.39, 0.29) is 59.8 Å². The molecule has 5 rings (SSSR count). The van der Waals surface area contributed by atoms with Crippen LogP contribution >= 0.6 is 0 Å². The van der Waals surface area contributed by atoms with Crippen molar-refractivity contribution in [2.24, 2.45) is 0 Å². The molecule has 5 N–H and O–H groups in total. The first-order valence-electron chi connectivity index (χ1n) is 13.9. The molecule has 0 aliphatic carbocycles. The fourth-order valence-corrected chi connectivity index (χ4v) is 4.92. The van der Waals surface area contributed by atoms with Crippen LogP contribution in [0.4, 0.5) is 17.5 Å². The molecule has 230 valence electrons. The topological polar surface area (TPSA) is 217 Å². The fourth-order valence-electron chi connectivity index (χ4n) is 4.92. The molecule has 15 heteroatoms. The SMILES string of the molecule is COC(=O)[C@H](CCCCN1C(=O)c2ccccc2C1=O)NC(=O)c1ccc(N(C=O)Cc2cnc3nc(N)nc(N)c3n2)cc1. The molecule has 1 aliphatic rings. The molecule has 0 saturated heterocycles. The molecule has 15 nitrogen and oxygen atoms in total. The number of unbranched alkanes of at least 4 members (excludes halogenated alkanes) is 1. The number of esters is 1. The van der Waals surface area contributed by atoms with Crippen molar-refractivity contribution in [3.8, 4) is 0 Å². The zero-order valence-electron chi connectivity index (χ0n) is 24.2. The second-order valence-corrected chi connectivity index (χ2v) is 10.1. The maximum absolute atomic E-state index is 13.0. The first kappa shape index (κ1) is 30.5. The maximum Gasteiger partial charge on any atom is 0.328 e. The van der Waals surface area contributed by atoms with Gasteiger partial charge in [-0.1, -0.05) is 12.1 Å². The number of nitrogen functional groups attached to an aromatic ring is 2. The van der Waals surface area contributed by atoms with Crippen LogP contribution in [-0.2, 0) is 20.9 Å². The molecular weight excluding hydrogens is 582 g/mol. The van der Waals surface area contributed by atoms with Crippen LogP contribution in [0.5, 0.6) is 0 Å². The molecule has 0 radical (unpaired) electrons. The Hall–Kier alpha value is -5.99. The summed E-state index contributed by atoms with van der Waals surface area (Å²) in [7, 11) is 1.22. The number of fused-ring (bicyclic) bond motifs is 2. The van der Waals surface area contributed by atoms with Crippen LogP contribution in [-0.4, -0.2) is 74.6 Å².